The molecule has 1 fully saturated rings. The van der Waals surface area contributed by atoms with Crippen LogP contribution in [0.5, 0.6) is 0 Å². The lowest BCUT2D eigenvalue weighted by molar-refractivity contribution is 0.0903. The number of aliphatic hydroxyl groups excluding tert-OH is 1. The Bertz CT molecular complexity index is 631. The number of nitrogens with zero attached hydrogens (tertiary/aromatic N) is 2. The second kappa shape index (κ2) is 6.46. The SMILES string of the molecule is CC(NCC1(C(O)c2ccccc2)CC1)c1cnn(C(C)C)c1. The van der Waals surface area contributed by atoms with Crippen LogP contribution < -0.4 is 5.32 Å². The molecule has 0 bridgehead atoms. The van der Waals surface area contributed by atoms with Gasteiger partial charge in [0.05, 0.1) is 12.3 Å². The first-order valence-corrected chi connectivity index (χ1v) is 8.52. The summed E-state index contributed by atoms with van der Waals surface area (Å²) in [5.41, 5.74) is 2.21. The Balaban J connectivity index is 1.61. The molecule has 1 saturated carbocycles. The molecule has 2 unspecified atom stereocenters. The molecule has 2 aromatic rings. The Morgan fingerprint density at radius 1 is 1.17 bits per heavy atom. The number of hydrogen-bond acceptors (Lipinski definition) is 3. The maximum Gasteiger partial charge on any atom is 0.0858 e. The molecule has 0 radical (unpaired) electrons. The maximum atomic E-state index is 10.7. The lowest BCUT2D eigenvalue weighted by Gasteiger charge is -2.25. The summed E-state index contributed by atoms with van der Waals surface area (Å²) < 4.78 is 1.99. The largest absolute Gasteiger partial charge is 0.388 e. The lowest BCUT2D eigenvalue weighted by atomic mass is 9.92. The molecule has 1 aliphatic rings. The van der Waals surface area contributed by atoms with Gasteiger partial charge in [0, 0.05) is 35.8 Å². The van der Waals surface area contributed by atoms with E-state index in [4.69, 9.17) is 0 Å². The quantitative estimate of drug-likeness (QED) is 0.820. The molecule has 0 saturated heterocycles. The minimum atomic E-state index is -0.387. The van der Waals surface area contributed by atoms with Crippen molar-refractivity contribution in [1.82, 2.24) is 15.1 Å². The third-order valence-corrected chi connectivity index (χ3v) is 5.00. The summed E-state index contributed by atoms with van der Waals surface area (Å²) in [6.45, 7) is 7.25. The molecule has 1 aromatic heterocycles. The van der Waals surface area contributed by atoms with Crippen molar-refractivity contribution < 1.29 is 5.11 Å². The van der Waals surface area contributed by atoms with E-state index in [-0.39, 0.29) is 17.6 Å². The van der Waals surface area contributed by atoms with Crippen LogP contribution in [0.25, 0.3) is 0 Å². The third-order valence-electron chi connectivity index (χ3n) is 5.00. The standard InChI is InChI=1S/C19H27N3O/c1-14(2)22-12-17(11-21-22)15(3)20-13-19(9-10-19)18(23)16-7-5-4-6-8-16/h4-8,11-12,14-15,18,20,23H,9-10,13H2,1-3H3. The second-order valence-electron chi connectivity index (χ2n) is 7.13. The van der Waals surface area contributed by atoms with Crippen molar-refractivity contribution in [3.8, 4) is 0 Å². The molecule has 1 heterocycles. The number of aliphatic hydroxyl groups is 1. The fourth-order valence-corrected chi connectivity index (χ4v) is 3.03. The molecule has 1 aliphatic carbocycles. The first kappa shape index (κ1) is 16.2. The van der Waals surface area contributed by atoms with Crippen LogP contribution in [0.4, 0.5) is 0 Å². The zero-order valence-corrected chi connectivity index (χ0v) is 14.2. The number of benzene rings is 1. The summed E-state index contributed by atoms with van der Waals surface area (Å²) in [6, 6.07) is 10.6. The van der Waals surface area contributed by atoms with E-state index in [1.807, 2.05) is 41.2 Å². The Morgan fingerprint density at radius 2 is 1.87 bits per heavy atom. The van der Waals surface area contributed by atoms with Crippen molar-refractivity contribution >= 4 is 0 Å². The molecule has 2 atom stereocenters. The van der Waals surface area contributed by atoms with Gasteiger partial charge in [0.2, 0.25) is 0 Å². The summed E-state index contributed by atoms with van der Waals surface area (Å²) in [7, 11) is 0. The Morgan fingerprint density at radius 3 is 2.43 bits per heavy atom. The number of aromatic nitrogens is 2. The highest BCUT2D eigenvalue weighted by Gasteiger charge is 2.49. The van der Waals surface area contributed by atoms with Gasteiger partial charge >= 0.3 is 0 Å². The monoisotopic (exact) mass is 313 g/mol. The van der Waals surface area contributed by atoms with E-state index >= 15 is 0 Å². The van der Waals surface area contributed by atoms with Gasteiger partial charge in [-0.2, -0.15) is 5.10 Å². The summed E-state index contributed by atoms with van der Waals surface area (Å²) in [4.78, 5) is 0. The first-order chi connectivity index (χ1) is 11.0. The topological polar surface area (TPSA) is 50.1 Å². The van der Waals surface area contributed by atoms with Crippen molar-refractivity contribution in [1.29, 1.82) is 0 Å². The van der Waals surface area contributed by atoms with E-state index in [1.54, 1.807) is 0 Å². The van der Waals surface area contributed by atoms with Crippen LogP contribution in [0.2, 0.25) is 0 Å². The average Bonchev–Trinajstić information content (AvgIpc) is 3.18. The average molecular weight is 313 g/mol. The molecule has 2 N–H and O–H groups in total. The predicted octanol–water partition coefficient (Wildman–Crippen LogP) is 3.63. The fraction of sp³-hybridized carbons (Fsp3) is 0.526. The minimum absolute atomic E-state index is 0.0103. The normalized spacial score (nSPS) is 18.8. The Kier molecular flexibility index (Phi) is 4.55. The van der Waals surface area contributed by atoms with Crippen LogP contribution >= 0.6 is 0 Å². The Labute approximate surface area is 138 Å². The number of hydrogen-bond donors (Lipinski definition) is 2. The van der Waals surface area contributed by atoms with E-state index in [1.165, 1.54) is 5.56 Å². The van der Waals surface area contributed by atoms with E-state index in [2.05, 4.69) is 37.4 Å². The van der Waals surface area contributed by atoms with Crippen molar-refractivity contribution in [3.05, 3.63) is 53.9 Å². The predicted molar refractivity (Wildman–Crippen MR) is 92.1 cm³/mol. The number of nitrogens with one attached hydrogen (secondary N) is 1. The highest BCUT2D eigenvalue weighted by Crippen LogP contribution is 2.54. The van der Waals surface area contributed by atoms with Gasteiger partial charge in [0.1, 0.15) is 0 Å². The van der Waals surface area contributed by atoms with Crippen LogP contribution in [0, 0.1) is 5.41 Å². The fourth-order valence-electron chi connectivity index (χ4n) is 3.03. The van der Waals surface area contributed by atoms with Gasteiger partial charge in [-0.15, -0.1) is 0 Å². The lowest BCUT2D eigenvalue weighted by Crippen LogP contribution is -2.30. The molecular weight excluding hydrogens is 286 g/mol. The van der Waals surface area contributed by atoms with Crippen LogP contribution in [0.1, 0.15) is 62.9 Å². The highest BCUT2D eigenvalue weighted by molar-refractivity contribution is 5.22. The van der Waals surface area contributed by atoms with Gasteiger partial charge in [0.25, 0.3) is 0 Å². The first-order valence-electron chi connectivity index (χ1n) is 8.52. The van der Waals surface area contributed by atoms with Crippen LogP contribution in [-0.4, -0.2) is 21.4 Å². The summed E-state index contributed by atoms with van der Waals surface area (Å²) in [5, 5.41) is 18.7. The zero-order chi connectivity index (χ0) is 16.4. The van der Waals surface area contributed by atoms with Crippen LogP contribution in [0.3, 0.4) is 0 Å². The van der Waals surface area contributed by atoms with E-state index in [0.29, 0.717) is 6.04 Å². The Hall–Kier alpha value is -1.65. The molecule has 3 rings (SSSR count). The molecular formula is C19H27N3O. The van der Waals surface area contributed by atoms with Gasteiger partial charge in [-0.1, -0.05) is 30.3 Å². The van der Waals surface area contributed by atoms with Gasteiger partial charge in [-0.3, -0.25) is 4.68 Å². The van der Waals surface area contributed by atoms with Gasteiger partial charge < -0.3 is 10.4 Å². The van der Waals surface area contributed by atoms with Gasteiger partial charge in [-0.25, -0.2) is 0 Å². The van der Waals surface area contributed by atoms with Crippen LogP contribution in [-0.2, 0) is 0 Å². The molecule has 0 amide bonds. The summed E-state index contributed by atoms with van der Waals surface area (Å²) in [6.07, 6.45) is 5.81. The van der Waals surface area contributed by atoms with E-state index in [0.717, 1.165) is 24.9 Å². The molecule has 124 valence electrons. The molecule has 0 aliphatic heterocycles. The van der Waals surface area contributed by atoms with Crippen molar-refractivity contribution in [2.24, 2.45) is 5.41 Å². The third kappa shape index (κ3) is 3.48. The van der Waals surface area contributed by atoms with E-state index in [9.17, 15) is 5.11 Å². The summed E-state index contributed by atoms with van der Waals surface area (Å²) in [5.74, 6) is 0. The molecule has 0 spiro atoms. The molecule has 4 heteroatoms. The zero-order valence-electron chi connectivity index (χ0n) is 14.2. The highest BCUT2D eigenvalue weighted by atomic mass is 16.3. The smallest absolute Gasteiger partial charge is 0.0858 e. The molecule has 1 aromatic carbocycles. The van der Waals surface area contributed by atoms with E-state index < -0.39 is 0 Å². The molecule has 23 heavy (non-hydrogen) atoms. The second-order valence-corrected chi connectivity index (χ2v) is 7.13. The van der Waals surface area contributed by atoms with Crippen molar-refractivity contribution in [2.45, 2.75) is 51.8 Å². The minimum Gasteiger partial charge on any atom is -0.388 e. The van der Waals surface area contributed by atoms with Crippen molar-refractivity contribution in [2.75, 3.05) is 6.54 Å². The van der Waals surface area contributed by atoms with Crippen molar-refractivity contribution in [3.63, 3.8) is 0 Å². The van der Waals surface area contributed by atoms with Gasteiger partial charge in [-0.05, 0) is 39.2 Å². The van der Waals surface area contributed by atoms with Crippen LogP contribution in [0.15, 0.2) is 42.7 Å². The number of rotatable bonds is 7. The molecule has 4 nitrogen and oxygen atoms in total. The maximum absolute atomic E-state index is 10.7. The van der Waals surface area contributed by atoms with Gasteiger partial charge in [0.15, 0.2) is 0 Å². The summed E-state index contributed by atoms with van der Waals surface area (Å²) >= 11 is 0.